The number of hydrogen-bond donors (Lipinski definition) is 0. The van der Waals surface area contributed by atoms with Gasteiger partial charge in [-0.2, -0.15) is 0 Å². The minimum Gasteiger partial charge on any atom is -0.272 e. The number of hydroxylamine groups is 2. The van der Waals surface area contributed by atoms with Crippen LogP contribution in [0.2, 0.25) is 5.02 Å². The van der Waals surface area contributed by atoms with Crippen LogP contribution in [0.4, 0.5) is 0 Å². The smallest absolute Gasteiger partial charge is 0.248 e. The number of carbonyl (C=O) groups is 1. The highest BCUT2D eigenvalue weighted by Crippen LogP contribution is 2.15. The molecule has 0 aliphatic carbocycles. The molecule has 1 amide bonds. The average molecular weight is 212 g/mol. The monoisotopic (exact) mass is 211 g/mol. The normalized spacial score (nSPS) is 16.4. The van der Waals surface area contributed by atoms with E-state index in [0.717, 1.165) is 5.56 Å². The summed E-state index contributed by atoms with van der Waals surface area (Å²) in [6.07, 6.45) is 0.473. The molecule has 0 atom stereocenters. The maximum Gasteiger partial charge on any atom is 0.248 e. The largest absolute Gasteiger partial charge is 0.272 e. The Labute approximate surface area is 87.2 Å². The molecule has 0 spiro atoms. The molecule has 1 aromatic rings. The van der Waals surface area contributed by atoms with Crippen molar-refractivity contribution in [3.63, 3.8) is 0 Å². The van der Waals surface area contributed by atoms with E-state index in [1.54, 1.807) is 6.07 Å². The summed E-state index contributed by atoms with van der Waals surface area (Å²) >= 11 is 5.82. The molecule has 1 aliphatic heterocycles. The van der Waals surface area contributed by atoms with Crippen LogP contribution in [0, 0.1) is 0 Å². The number of amides is 1. The second-order valence-corrected chi connectivity index (χ2v) is 3.58. The van der Waals surface area contributed by atoms with Crippen LogP contribution in [-0.4, -0.2) is 17.6 Å². The van der Waals surface area contributed by atoms with Gasteiger partial charge in [-0.05, 0) is 17.7 Å². The molecule has 2 rings (SSSR count). The fraction of sp³-hybridized carbons (Fsp3) is 0.300. The lowest BCUT2D eigenvalue weighted by Crippen LogP contribution is -2.22. The Balaban J connectivity index is 2.07. The summed E-state index contributed by atoms with van der Waals surface area (Å²) in [5.74, 6) is 0.0324. The first-order valence-electron chi connectivity index (χ1n) is 4.43. The molecule has 0 radical (unpaired) electrons. The van der Waals surface area contributed by atoms with Crippen LogP contribution in [0.15, 0.2) is 24.3 Å². The highest BCUT2D eigenvalue weighted by Gasteiger charge is 2.21. The van der Waals surface area contributed by atoms with E-state index in [-0.39, 0.29) is 5.91 Å². The number of hydrogen-bond acceptors (Lipinski definition) is 2. The van der Waals surface area contributed by atoms with Crippen molar-refractivity contribution in [2.45, 2.75) is 13.0 Å². The van der Waals surface area contributed by atoms with Gasteiger partial charge < -0.3 is 0 Å². The van der Waals surface area contributed by atoms with E-state index in [1.807, 2.05) is 18.2 Å². The van der Waals surface area contributed by atoms with E-state index < -0.39 is 0 Å². The van der Waals surface area contributed by atoms with E-state index >= 15 is 0 Å². The quantitative estimate of drug-likeness (QED) is 0.749. The summed E-state index contributed by atoms with van der Waals surface area (Å²) in [7, 11) is 0. The first kappa shape index (κ1) is 9.49. The second kappa shape index (κ2) is 3.98. The van der Waals surface area contributed by atoms with Gasteiger partial charge in [-0.1, -0.05) is 23.7 Å². The summed E-state index contributed by atoms with van der Waals surface area (Å²) in [6.45, 7) is 0.957. The number of rotatable bonds is 2. The van der Waals surface area contributed by atoms with Crippen LogP contribution in [0.1, 0.15) is 12.0 Å². The van der Waals surface area contributed by atoms with Crippen molar-refractivity contribution in [3.05, 3.63) is 34.9 Å². The molecular weight excluding hydrogens is 202 g/mol. The van der Waals surface area contributed by atoms with Crippen molar-refractivity contribution >= 4 is 17.5 Å². The highest BCUT2D eigenvalue weighted by atomic mass is 35.5. The summed E-state index contributed by atoms with van der Waals surface area (Å²) in [4.78, 5) is 16.4. The number of halogens is 1. The Morgan fingerprint density at radius 2 is 2.36 bits per heavy atom. The van der Waals surface area contributed by atoms with Crippen LogP contribution >= 0.6 is 11.6 Å². The fourth-order valence-corrected chi connectivity index (χ4v) is 1.59. The minimum absolute atomic E-state index is 0.0324. The first-order chi connectivity index (χ1) is 6.75. The number of carbonyl (C=O) groups excluding carboxylic acids is 1. The molecular formula is C10H10ClNO2. The zero-order valence-corrected chi connectivity index (χ0v) is 8.33. The first-order valence-corrected chi connectivity index (χ1v) is 4.81. The second-order valence-electron chi connectivity index (χ2n) is 3.14. The molecule has 1 aliphatic rings. The topological polar surface area (TPSA) is 29.5 Å². The summed E-state index contributed by atoms with van der Waals surface area (Å²) in [6, 6.07) is 7.41. The Morgan fingerprint density at radius 3 is 3.00 bits per heavy atom. The van der Waals surface area contributed by atoms with Gasteiger partial charge in [0.05, 0.1) is 19.6 Å². The van der Waals surface area contributed by atoms with E-state index in [2.05, 4.69) is 0 Å². The molecule has 4 heteroatoms. The van der Waals surface area contributed by atoms with Gasteiger partial charge in [0.2, 0.25) is 5.91 Å². The van der Waals surface area contributed by atoms with Crippen LogP contribution in [0.25, 0.3) is 0 Å². The number of benzene rings is 1. The Kier molecular flexibility index (Phi) is 2.70. The lowest BCUT2D eigenvalue weighted by Gasteiger charge is -2.13. The zero-order valence-electron chi connectivity index (χ0n) is 7.57. The highest BCUT2D eigenvalue weighted by molar-refractivity contribution is 6.30. The van der Waals surface area contributed by atoms with Gasteiger partial charge in [0, 0.05) is 5.02 Å². The van der Waals surface area contributed by atoms with Crippen molar-refractivity contribution in [1.82, 2.24) is 5.06 Å². The maximum absolute atomic E-state index is 11.2. The SMILES string of the molecule is O=C1CCON1Cc1cccc(Cl)c1. The van der Waals surface area contributed by atoms with Gasteiger partial charge in [0.1, 0.15) is 0 Å². The molecule has 0 bridgehead atoms. The van der Waals surface area contributed by atoms with E-state index in [9.17, 15) is 4.79 Å². The van der Waals surface area contributed by atoms with Gasteiger partial charge in [-0.15, -0.1) is 0 Å². The molecule has 0 saturated carbocycles. The van der Waals surface area contributed by atoms with Crippen LogP contribution in [0.5, 0.6) is 0 Å². The third-order valence-corrected chi connectivity index (χ3v) is 2.29. The van der Waals surface area contributed by atoms with E-state index in [4.69, 9.17) is 16.4 Å². The summed E-state index contributed by atoms with van der Waals surface area (Å²) in [5.41, 5.74) is 0.979. The van der Waals surface area contributed by atoms with Crippen molar-refractivity contribution in [2.75, 3.05) is 6.61 Å². The lowest BCUT2D eigenvalue weighted by molar-refractivity contribution is -0.164. The predicted octanol–water partition coefficient (Wildman–Crippen LogP) is 2.00. The average Bonchev–Trinajstić information content (AvgIpc) is 2.52. The Morgan fingerprint density at radius 1 is 1.50 bits per heavy atom. The Bertz CT molecular complexity index is 354. The number of nitrogens with zero attached hydrogens (tertiary/aromatic N) is 1. The van der Waals surface area contributed by atoms with Gasteiger partial charge in [-0.3, -0.25) is 9.63 Å². The molecule has 0 N–H and O–H groups in total. The van der Waals surface area contributed by atoms with E-state index in [0.29, 0.717) is 24.6 Å². The molecule has 74 valence electrons. The van der Waals surface area contributed by atoms with Gasteiger partial charge in [0.25, 0.3) is 0 Å². The summed E-state index contributed by atoms with van der Waals surface area (Å²) in [5, 5.41) is 2.06. The molecule has 0 aromatic heterocycles. The molecule has 1 aromatic carbocycles. The fourth-order valence-electron chi connectivity index (χ4n) is 1.37. The molecule has 1 heterocycles. The zero-order chi connectivity index (χ0) is 9.97. The maximum atomic E-state index is 11.2. The molecule has 0 unspecified atom stereocenters. The summed E-state index contributed by atoms with van der Waals surface area (Å²) < 4.78 is 0. The van der Waals surface area contributed by atoms with Crippen molar-refractivity contribution < 1.29 is 9.63 Å². The molecule has 14 heavy (non-hydrogen) atoms. The van der Waals surface area contributed by atoms with Gasteiger partial charge >= 0.3 is 0 Å². The van der Waals surface area contributed by atoms with Crippen LogP contribution < -0.4 is 0 Å². The standard InChI is InChI=1S/C10H10ClNO2/c11-9-3-1-2-8(6-9)7-12-10(13)4-5-14-12/h1-3,6H,4-5,7H2. The third kappa shape index (κ3) is 2.05. The van der Waals surface area contributed by atoms with Crippen LogP contribution in [-0.2, 0) is 16.2 Å². The third-order valence-electron chi connectivity index (χ3n) is 2.06. The molecule has 3 nitrogen and oxygen atoms in total. The lowest BCUT2D eigenvalue weighted by atomic mass is 10.2. The van der Waals surface area contributed by atoms with Crippen molar-refractivity contribution in [3.8, 4) is 0 Å². The molecule has 1 saturated heterocycles. The van der Waals surface area contributed by atoms with Gasteiger partial charge in [0.15, 0.2) is 0 Å². The van der Waals surface area contributed by atoms with E-state index in [1.165, 1.54) is 5.06 Å². The van der Waals surface area contributed by atoms with Crippen LogP contribution in [0.3, 0.4) is 0 Å². The van der Waals surface area contributed by atoms with Crippen molar-refractivity contribution in [2.24, 2.45) is 0 Å². The molecule has 1 fully saturated rings. The minimum atomic E-state index is 0.0324. The predicted molar refractivity (Wildman–Crippen MR) is 52.6 cm³/mol. The van der Waals surface area contributed by atoms with Gasteiger partial charge in [-0.25, -0.2) is 5.06 Å². The van der Waals surface area contributed by atoms with Crippen molar-refractivity contribution in [1.29, 1.82) is 0 Å². The Hall–Kier alpha value is -1.06.